The summed E-state index contributed by atoms with van der Waals surface area (Å²) >= 11 is 4.32. The minimum atomic E-state index is -0.679. The number of methoxy groups -OCH3 is 1. The fraction of sp³-hybridized carbons (Fsp3) is 0.267. The first-order valence-corrected chi connectivity index (χ1v) is 7.24. The van der Waals surface area contributed by atoms with Crippen LogP contribution in [0.1, 0.15) is 21.7 Å². The van der Waals surface area contributed by atoms with Crippen LogP contribution in [0.4, 0.5) is 0 Å². The van der Waals surface area contributed by atoms with Crippen LogP contribution >= 0.6 is 12.6 Å². The molecule has 1 aliphatic rings. The molecule has 0 saturated heterocycles. The average molecular weight is 317 g/mol. The molecule has 1 atom stereocenters. The Morgan fingerprint density at radius 2 is 2.18 bits per heavy atom. The van der Waals surface area contributed by atoms with Gasteiger partial charge in [-0.15, -0.1) is 12.6 Å². The largest absolute Gasteiger partial charge is 0.467 e. The minimum absolute atomic E-state index is 0.249. The summed E-state index contributed by atoms with van der Waals surface area (Å²) in [7, 11) is 1.32. The topological polar surface area (TPSA) is 75.3 Å². The summed E-state index contributed by atoms with van der Waals surface area (Å²) in [5.41, 5.74) is 2.09. The number of carbonyl (C=O) groups is 2. The lowest BCUT2D eigenvalue weighted by Crippen LogP contribution is -2.49. The summed E-state index contributed by atoms with van der Waals surface area (Å²) in [4.78, 5) is 34.2. The van der Waals surface area contributed by atoms with E-state index in [1.165, 1.54) is 12.0 Å². The Balaban J connectivity index is 1.97. The van der Waals surface area contributed by atoms with Gasteiger partial charge in [0, 0.05) is 11.3 Å². The summed E-state index contributed by atoms with van der Waals surface area (Å²) in [6, 6.07) is 6.34. The Bertz CT molecular complexity index is 728. The third-order valence-electron chi connectivity index (χ3n) is 3.77. The van der Waals surface area contributed by atoms with E-state index in [1.54, 1.807) is 30.6 Å². The van der Waals surface area contributed by atoms with E-state index in [2.05, 4.69) is 22.6 Å². The summed E-state index contributed by atoms with van der Waals surface area (Å²) < 4.78 is 4.84. The monoisotopic (exact) mass is 317 g/mol. The number of carbonyl (C=O) groups excluding carboxylic acids is 2. The Morgan fingerprint density at radius 1 is 1.41 bits per heavy atom. The zero-order valence-corrected chi connectivity index (χ0v) is 12.8. The van der Waals surface area contributed by atoms with Gasteiger partial charge in [-0.25, -0.2) is 9.78 Å². The molecule has 114 valence electrons. The van der Waals surface area contributed by atoms with Gasteiger partial charge in [0.05, 0.1) is 36.9 Å². The second-order valence-corrected chi connectivity index (χ2v) is 5.50. The van der Waals surface area contributed by atoms with Crippen molar-refractivity contribution in [1.29, 1.82) is 0 Å². The number of H-pyrrole nitrogens is 1. The molecule has 1 unspecified atom stereocenters. The standard InChI is InChI=1S/C15H15N3O3S/c1-21-15(20)12-6-10-11(17-8-16-10)7-18(12)14(19)9-4-2-3-5-13(9)22/h2-5,8,12,22H,6-7H2,1H3,(H,16,17). The number of aromatic amines is 1. The number of aromatic nitrogens is 2. The third kappa shape index (κ3) is 2.48. The SMILES string of the molecule is COC(=O)C1Cc2nc[nH]c2CN1C(=O)c1ccccc1S. The van der Waals surface area contributed by atoms with Crippen molar-refractivity contribution in [2.45, 2.75) is 23.9 Å². The molecule has 1 aliphatic heterocycles. The number of amides is 1. The number of benzene rings is 1. The fourth-order valence-corrected chi connectivity index (χ4v) is 2.86. The van der Waals surface area contributed by atoms with Crippen molar-refractivity contribution >= 4 is 24.5 Å². The van der Waals surface area contributed by atoms with Gasteiger partial charge in [0.2, 0.25) is 0 Å². The zero-order valence-electron chi connectivity index (χ0n) is 11.9. The average Bonchev–Trinajstić information content (AvgIpc) is 3.00. The van der Waals surface area contributed by atoms with Crippen molar-refractivity contribution in [3.8, 4) is 0 Å². The third-order valence-corrected chi connectivity index (χ3v) is 4.16. The predicted octanol–water partition coefficient (Wildman–Crippen LogP) is 1.44. The molecule has 0 fully saturated rings. The van der Waals surface area contributed by atoms with Gasteiger partial charge in [0.15, 0.2) is 0 Å². The maximum Gasteiger partial charge on any atom is 0.329 e. The predicted molar refractivity (Wildman–Crippen MR) is 81.7 cm³/mol. The number of nitrogens with zero attached hydrogens (tertiary/aromatic N) is 2. The van der Waals surface area contributed by atoms with E-state index in [9.17, 15) is 9.59 Å². The van der Waals surface area contributed by atoms with E-state index in [0.717, 1.165) is 11.4 Å². The molecule has 2 aromatic rings. The van der Waals surface area contributed by atoms with E-state index in [-0.39, 0.29) is 12.5 Å². The number of imidazole rings is 1. The number of nitrogens with one attached hydrogen (secondary N) is 1. The van der Waals surface area contributed by atoms with Crippen molar-refractivity contribution in [1.82, 2.24) is 14.9 Å². The lowest BCUT2D eigenvalue weighted by Gasteiger charge is -2.33. The van der Waals surface area contributed by atoms with E-state index >= 15 is 0 Å². The second kappa shape index (κ2) is 5.84. The number of rotatable bonds is 2. The van der Waals surface area contributed by atoms with Crippen molar-refractivity contribution in [2.75, 3.05) is 7.11 Å². The van der Waals surface area contributed by atoms with Crippen molar-refractivity contribution in [3.05, 3.63) is 47.5 Å². The van der Waals surface area contributed by atoms with Crippen LogP contribution in [-0.4, -0.2) is 39.9 Å². The molecule has 0 spiro atoms. The first-order valence-electron chi connectivity index (χ1n) is 6.79. The van der Waals surface area contributed by atoms with Gasteiger partial charge < -0.3 is 14.6 Å². The van der Waals surface area contributed by atoms with Crippen LogP contribution in [0.5, 0.6) is 0 Å². The highest BCUT2D eigenvalue weighted by Gasteiger charge is 2.37. The van der Waals surface area contributed by atoms with Crippen LogP contribution in [0.15, 0.2) is 35.5 Å². The molecular weight excluding hydrogens is 302 g/mol. The number of hydrogen-bond acceptors (Lipinski definition) is 5. The Kier molecular flexibility index (Phi) is 3.89. The molecular formula is C15H15N3O3S. The Hall–Kier alpha value is -2.28. The number of ether oxygens (including phenoxy) is 1. The van der Waals surface area contributed by atoms with Gasteiger partial charge in [-0.3, -0.25) is 4.79 Å². The summed E-state index contributed by atoms with van der Waals surface area (Å²) in [5, 5.41) is 0. The molecule has 7 heteroatoms. The number of esters is 1. The molecule has 0 saturated carbocycles. The zero-order chi connectivity index (χ0) is 15.7. The molecule has 6 nitrogen and oxygen atoms in total. The molecule has 0 bridgehead atoms. The lowest BCUT2D eigenvalue weighted by molar-refractivity contribution is -0.146. The van der Waals surface area contributed by atoms with Crippen molar-refractivity contribution in [2.24, 2.45) is 0 Å². The Morgan fingerprint density at radius 3 is 2.91 bits per heavy atom. The van der Waals surface area contributed by atoms with Crippen molar-refractivity contribution in [3.63, 3.8) is 0 Å². The highest BCUT2D eigenvalue weighted by Crippen LogP contribution is 2.25. The van der Waals surface area contributed by atoms with E-state index < -0.39 is 12.0 Å². The lowest BCUT2D eigenvalue weighted by atomic mass is 10.0. The van der Waals surface area contributed by atoms with E-state index in [4.69, 9.17) is 4.74 Å². The highest BCUT2D eigenvalue weighted by molar-refractivity contribution is 7.80. The smallest absolute Gasteiger partial charge is 0.329 e. The molecule has 1 amide bonds. The van der Waals surface area contributed by atoms with Crippen molar-refractivity contribution < 1.29 is 14.3 Å². The van der Waals surface area contributed by atoms with Gasteiger partial charge in [-0.05, 0) is 12.1 Å². The Labute approximate surface area is 132 Å². The minimum Gasteiger partial charge on any atom is -0.467 e. The molecule has 0 aliphatic carbocycles. The molecule has 1 N–H and O–H groups in total. The molecule has 3 rings (SSSR count). The molecule has 22 heavy (non-hydrogen) atoms. The van der Waals surface area contributed by atoms with E-state index in [0.29, 0.717) is 16.9 Å². The molecule has 1 aromatic carbocycles. The number of fused-ring (bicyclic) bond motifs is 1. The molecule has 1 aromatic heterocycles. The maximum absolute atomic E-state index is 12.8. The first-order chi connectivity index (χ1) is 10.6. The second-order valence-electron chi connectivity index (χ2n) is 5.02. The summed E-state index contributed by atoms with van der Waals surface area (Å²) in [6.45, 7) is 0.288. The van der Waals surface area contributed by atoms with Crippen LogP contribution in [-0.2, 0) is 22.5 Å². The van der Waals surface area contributed by atoms with Crippen LogP contribution in [0.2, 0.25) is 0 Å². The van der Waals surface area contributed by atoms with Crippen LogP contribution in [0.25, 0.3) is 0 Å². The van der Waals surface area contributed by atoms with Gasteiger partial charge in [0.25, 0.3) is 5.91 Å². The summed E-state index contributed by atoms with van der Waals surface area (Å²) in [5.74, 6) is -0.695. The number of thiol groups is 1. The summed E-state index contributed by atoms with van der Waals surface area (Å²) in [6.07, 6.45) is 1.91. The molecule has 0 radical (unpaired) electrons. The normalized spacial score (nSPS) is 17.0. The maximum atomic E-state index is 12.8. The van der Waals surface area contributed by atoms with Gasteiger partial charge in [-0.1, -0.05) is 12.1 Å². The highest BCUT2D eigenvalue weighted by atomic mass is 32.1. The number of hydrogen-bond donors (Lipinski definition) is 2. The van der Waals surface area contributed by atoms with Gasteiger partial charge >= 0.3 is 5.97 Å². The first kappa shape index (κ1) is 14.6. The van der Waals surface area contributed by atoms with Crippen LogP contribution < -0.4 is 0 Å². The van der Waals surface area contributed by atoms with Crippen LogP contribution in [0, 0.1) is 0 Å². The van der Waals surface area contributed by atoms with Crippen LogP contribution in [0.3, 0.4) is 0 Å². The fourth-order valence-electron chi connectivity index (χ4n) is 2.61. The van der Waals surface area contributed by atoms with Gasteiger partial charge in [0.1, 0.15) is 6.04 Å². The molecule has 2 heterocycles. The van der Waals surface area contributed by atoms with E-state index in [1.807, 2.05) is 0 Å². The quantitative estimate of drug-likeness (QED) is 0.649. The van der Waals surface area contributed by atoms with Gasteiger partial charge in [-0.2, -0.15) is 0 Å².